The first-order chi connectivity index (χ1) is 18.1. The van der Waals surface area contributed by atoms with Gasteiger partial charge in [-0.1, -0.05) is 54.6 Å². The first-order valence-corrected chi connectivity index (χ1v) is 12.6. The van der Waals surface area contributed by atoms with Gasteiger partial charge in [-0.05, 0) is 55.7 Å². The van der Waals surface area contributed by atoms with Gasteiger partial charge in [0.2, 0.25) is 0 Å². The van der Waals surface area contributed by atoms with Crippen molar-refractivity contribution in [3.8, 4) is 28.1 Å². The van der Waals surface area contributed by atoms with Crippen LogP contribution in [0, 0.1) is 20.8 Å². The number of benzene rings is 3. The highest BCUT2D eigenvalue weighted by molar-refractivity contribution is 6.02. The first kappa shape index (κ1) is 21.6. The van der Waals surface area contributed by atoms with Crippen LogP contribution in [0.2, 0.25) is 0 Å². The number of nitrogens with one attached hydrogen (secondary N) is 1. The summed E-state index contributed by atoms with van der Waals surface area (Å²) in [6, 6.07) is 25.9. The van der Waals surface area contributed by atoms with E-state index in [-0.39, 0.29) is 0 Å². The molecule has 37 heavy (non-hydrogen) atoms. The fourth-order valence-corrected chi connectivity index (χ4v) is 5.58. The van der Waals surface area contributed by atoms with Crippen LogP contribution in [0.4, 0.5) is 0 Å². The lowest BCUT2D eigenvalue weighted by Gasteiger charge is -2.14. The van der Waals surface area contributed by atoms with E-state index < -0.39 is 0 Å². The Morgan fingerprint density at radius 1 is 0.757 bits per heavy atom. The number of aryl methyl sites for hydroxylation is 3. The Bertz CT molecular complexity index is 1960. The zero-order valence-electron chi connectivity index (χ0n) is 21.1. The molecule has 0 aliphatic carbocycles. The van der Waals surface area contributed by atoms with E-state index in [0.717, 1.165) is 38.9 Å². The standard InChI is InChI=1S/C33H26N4/c1-20-12-13-26-29(15-20)36-30(27-18-35-32-21(2)7-4-10-24(27)32)16-31(26)37-19-28(23-9-6-14-34-17-23)25-11-5-8-22(3)33(25)37/h4-19,35H,1-3H3. The fraction of sp³-hybridized carbons (Fsp3) is 0.0909. The lowest BCUT2D eigenvalue weighted by molar-refractivity contribution is 1.13. The first-order valence-electron chi connectivity index (χ1n) is 12.6. The highest BCUT2D eigenvalue weighted by atomic mass is 15.0. The van der Waals surface area contributed by atoms with Gasteiger partial charge in [-0.15, -0.1) is 0 Å². The minimum Gasteiger partial charge on any atom is -0.360 e. The molecule has 0 saturated heterocycles. The molecule has 4 heterocycles. The Kier molecular flexibility index (Phi) is 4.76. The molecule has 3 aromatic carbocycles. The number of hydrogen-bond acceptors (Lipinski definition) is 2. The Hall–Kier alpha value is -4.70. The summed E-state index contributed by atoms with van der Waals surface area (Å²) in [6.07, 6.45) is 8.11. The van der Waals surface area contributed by atoms with Crippen LogP contribution >= 0.6 is 0 Å². The Balaban J connectivity index is 1.57. The summed E-state index contributed by atoms with van der Waals surface area (Å²) in [4.78, 5) is 13.0. The number of aromatic amines is 1. The number of para-hydroxylation sites is 2. The maximum absolute atomic E-state index is 5.17. The lowest BCUT2D eigenvalue weighted by Crippen LogP contribution is -1.98. The molecule has 0 atom stereocenters. The van der Waals surface area contributed by atoms with Crippen molar-refractivity contribution in [1.29, 1.82) is 0 Å². The molecule has 4 aromatic heterocycles. The molecule has 7 aromatic rings. The molecule has 4 heteroatoms. The minimum atomic E-state index is 0.961. The quantitative estimate of drug-likeness (QED) is 0.277. The van der Waals surface area contributed by atoms with Crippen LogP contribution in [0.15, 0.2) is 97.6 Å². The van der Waals surface area contributed by atoms with E-state index in [9.17, 15) is 0 Å². The number of aromatic nitrogens is 4. The molecule has 0 aliphatic rings. The minimum absolute atomic E-state index is 0.961. The van der Waals surface area contributed by atoms with Crippen LogP contribution in [-0.2, 0) is 0 Å². The topological polar surface area (TPSA) is 46.5 Å². The number of H-pyrrole nitrogens is 1. The molecular formula is C33H26N4. The van der Waals surface area contributed by atoms with Crippen molar-refractivity contribution in [2.45, 2.75) is 20.8 Å². The van der Waals surface area contributed by atoms with Gasteiger partial charge in [0.1, 0.15) is 0 Å². The maximum Gasteiger partial charge on any atom is 0.0752 e. The zero-order chi connectivity index (χ0) is 25.1. The summed E-state index contributed by atoms with van der Waals surface area (Å²) in [5, 5.41) is 3.53. The van der Waals surface area contributed by atoms with E-state index in [4.69, 9.17) is 4.98 Å². The number of rotatable bonds is 3. The second-order valence-corrected chi connectivity index (χ2v) is 9.87. The Morgan fingerprint density at radius 3 is 2.43 bits per heavy atom. The summed E-state index contributed by atoms with van der Waals surface area (Å²) in [5.74, 6) is 0. The second-order valence-electron chi connectivity index (χ2n) is 9.87. The monoisotopic (exact) mass is 478 g/mol. The van der Waals surface area contributed by atoms with E-state index in [0.29, 0.717) is 0 Å². The van der Waals surface area contributed by atoms with Crippen molar-refractivity contribution in [3.63, 3.8) is 0 Å². The highest BCUT2D eigenvalue weighted by Crippen LogP contribution is 2.38. The average molecular weight is 479 g/mol. The summed E-state index contributed by atoms with van der Waals surface area (Å²) in [6.45, 7) is 6.45. The average Bonchev–Trinajstić information content (AvgIpc) is 3.52. The van der Waals surface area contributed by atoms with E-state index in [1.807, 2.05) is 18.5 Å². The molecule has 0 aliphatic heterocycles. The summed E-state index contributed by atoms with van der Waals surface area (Å²) < 4.78 is 2.34. The number of nitrogens with zero attached hydrogens (tertiary/aromatic N) is 3. The van der Waals surface area contributed by atoms with Gasteiger partial charge in [-0.25, -0.2) is 4.98 Å². The Labute approximate surface area is 215 Å². The SMILES string of the molecule is Cc1ccc2c(-n3cc(-c4cccnc4)c4cccc(C)c43)cc(-c3c[nH]c4c(C)cccc34)nc2c1. The second kappa shape index (κ2) is 8.17. The Morgan fingerprint density at radius 2 is 1.59 bits per heavy atom. The van der Waals surface area contributed by atoms with Gasteiger partial charge in [0.25, 0.3) is 0 Å². The van der Waals surface area contributed by atoms with Crippen molar-refractivity contribution in [2.75, 3.05) is 0 Å². The van der Waals surface area contributed by atoms with Gasteiger partial charge in [0.15, 0.2) is 0 Å². The van der Waals surface area contributed by atoms with Crippen molar-refractivity contribution in [2.24, 2.45) is 0 Å². The molecule has 4 nitrogen and oxygen atoms in total. The van der Waals surface area contributed by atoms with Gasteiger partial charge >= 0.3 is 0 Å². The van der Waals surface area contributed by atoms with Gasteiger partial charge in [-0.2, -0.15) is 0 Å². The smallest absolute Gasteiger partial charge is 0.0752 e. The maximum atomic E-state index is 5.17. The van der Waals surface area contributed by atoms with Gasteiger partial charge in [-0.3, -0.25) is 4.98 Å². The van der Waals surface area contributed by atoms with Crippen LogP contribution in [0.5, 0.6) is 0 Å². The van der Waals surface area contributed by atoms with Gasteiger partial charge < -0.3 is 9.55 Å². The molecule has 0 unspecified atom stereocenters. The van der Waals surface area contributed by atoms with Crippen LogP contribution in [0.25, 0.3) is 60.8 Å². The zero-order valence-corrected chi connectivity index (χ0v) is 21.1. The fourth-order valence-electron chi connectivity index (χ4n) is 5.58. The van der Waals surface area contributed by atoms with Crippen molar-refractivity contribution in [1.82, 2.24) is 19.5 Å². The third-order valence-electron chi connectivity index (χ3n) is 7.40. The third-order valence-corrected chi connectivity index (χ3v) is 7.40. The molecular weight excluding hydrogens is 452 g/mol. The summed E-state index contributed by atoms with van der Waals surface area (Å²) >= 11 is 0. The summed E-state index contributed by atoms with van der Waals surface area (Å²) in [7, 11) is 0. The molecule has 0 amide bonds. The van der Waals surface area contributed by atoms with Crippen LogP contribution < -0.4 is 0 Å². The molecule has 0 bridgehead atoms. The molecule has 0 radical (unpaired) electrons. The number of pyridine rings is 2. The predicted octanol–water partition coefficient (Wildman–Crippen LogP) is 8.31. The lowest BCUT2D eigenvalue weighted by atomic mass is 10.0. The van der Waals surface area contributed by atoms with Crippen molar-refractivity contribution in [3.05, 3.63) is 114 Å². The molecule has 0 saturated carbocycles. The molecule has 0 fully saturated rings. The summed E-state index contributed by atoms with van der Waals surface area (Å²) in [5.41, 5.74) is 12.5. The van der Waals surface area contributed by atoms with E-state index in [2.05, 4.69) is 114 Å². The molecule has 7 rings (SSSR count). The van der Waals surface area contributed by atoms with Crippen LogP contribution in [0.3, 0.4) is 0 Å². The normalized spacial score (nSPS) is 11.6. The molecule has 178 valence electrons. The van der Waals surface area contributed by atoms with Crippen LogP contribution in [-0.4, -0.2) is 19.5 Å². The molecule has 1 N–H and O–H groups in total. The van der Waals surface area contributed by atoms with Gasteiger partial charge in [0.05, 0.1) is 22.4 Å². The van der Waals surface area contributed by atoms with Gasteiger partial charge in [0, 0.05) is 63.2 Å². The predicted molar refractivity (Wildman–Crippen MR) is 153 cm³/mol. The number of fused-ring (bicyclic) bond motifs is 3. The van der Waals surface area contributed by atoms with Crippen LogP contribution in [0.1, 0.15) is 16.7 Å². The molecule has 0 spiro atoms. The van der Waals surface area contributed by atoms with Crippen molar-refractivity contribution >= 4 is 32.7 Å². The van der Waals surface area contributed by atoms with E-state index in [1.54, 1.807) is 0 Å². The van der Waals surface area contributed by atoms with E-state index >= 15 is 0 Å². The number of hydrogen-bond donors (Lipinski definition) is 1. The largest absolute Gasteiger partial charge is 0.360 e. The van der Waals surface area contributed by atoms with Crippen molar-refractivity contribution < 1.29 is 0 Å². The highest BCUT2D eigenvalue weighted by Gasteiger charge is 2.18. The van der Waals surface area contributed by atoms with E-state index in [1.165, 1.54) is 38.5 Å². The third kappa shape index (κ3) is 3.37.